The largest absolute Gasteiger partial charge is 0.305 e. The maximum Gasteiger partial charge on any atom is 0.224 e. The Morgan fingerprint density at radius 2 is 1.95 bits per heavy atom. The molecule has 0 spiro atoms. The molecule has 1 atom stereocenters. The van der Waals surface area contributed by atoms with E-state index in [0.717, 1.165) is 12.1 Å². The number of carbonyl (C=O) groups excluding carboxylic acids is 1. The standard InChI is InChI=1S/C14H17NO3S/c1-3-12-4-6-13(7-5-12)15(11(2)16)14-8-9-19(17,18)10-14/h4-9,14H,3,10H2,1-2H3. The number of rotatable bonds is 3. The van der Waals surface area contributed by atoms with Crippen LogP contribution in [-0.2, 0) is 21.1 Å². The second-order valence-corrected chi connectivity index (χ2v) is 6.57. The molecule has 0 aromatic heterocycles. The van der Waals surface area contributed by atoms with E-state index < -0.39 is 15.9 Å². The Hall–Kier alpha value is -1.62. The van der Waals surface area contributed by atoms with Crippen molar-refractivity contribution in [2.45, 2.75) is 26.3 Å². The van der Waals surface area contributed by atoms with E-state index in [0.29, 0.717) is 0 Å². The number of aryl methyl sites for hydroxylation is 1. The smallest absolute Gasteiger partial charge is 0.224 e. The van der Waals surface area contributed by atoms with Crippen LogP contribution in [0.25, 0.3) is 0 Å². The van der Waals surface area contributed by atoms with Crippen LogP contribution < -0.4 is 4.90 Å². The minimum absolute atomic E-state index is 0.0396. The van der Waals surface area contributed by atoms with Gasteiger partial charge in [0, 0.05) is 18.0 Å². The minimum Gasteiger partial charge on any atom is -0.305 e. The molecule has 1 aliphatic rings. The molecule has 4 nitrogen and oxygen atoms in total. The zero-order chi connectivity index (χ0) is 14.0. The van der Waals surface area contributed by atoms with Gasteiger partial charge in [-0.1, -0.05) is 19.1 Å². The van der Waals surface area contributed by atoms with Crippen molar-refractivity contribution in [1.82, 2.24) is 0 Å². The van der Waals surface area contributed by atoms with Crippen molar-refractivity contribution in [2.24, 2.45) is 0 Å². The lowest BCUT2D eigenvalue weighted by Gasteiger charge is -2.26. The Morgan fingerprint density at radius 1 is 1.32 bits per heavy atom. The highest BCUT2D eigenvalue weighted by molar-refractivity contribution is 7.94. The molecule has 0 saturated heterocycles. The summed E-state index contributed by atoms with van der Waals surface area (Å²) in [6, 6.07) is 7.23. The van der Waals surface area contributed by atoms with Crippen LogP contribution in [0.5, 0.6) is 0 Å². The maximum atomic E-state index is 11.8. The summed E-state index contributed by atoms with van der Waals surface area (Å²) in [5.74, 6) is -0.196. The quantitative estimate of drug-likeness (QED) is 0.849. The Bertz CT molecular complexity index is 602. The predicted molar refractivity (Wildman–Crippen MR) is 75.7 cm³/mol. The van der Waals surface area contributed by atoms with E-state index in [1.165, 1.54) is 22.8 Å². The SMILES string of the molecule is CCc1ccc(N(C(C)=O)C2C=CS(=O)(=O)C2)cc1. The monoisotopic (exact) mass is 279 g/mol. The number of amides is 1. The predicted octanol–water partition coefficient (Wildman–Crippen LogP) is 1.91. The lowest BCUT2D eigenvalue weighted by molar-refractivity contribution is -0.116. The topological polar surface area (TPSA) is 54.5 Å². The number of carbonyl (C=O) groups is 1. The summed E-state index contributed by atoms with van der Waals surface area (Å²) < 4.78 is 23.0. The van der Waals surface area contributed by atoms with Crippen molar-refractivity contribution < 1.29 is 13.2 Å². The Labute approximate surface area is 113 Å². The normalized spacial score (nSPS) is 20.4. The molecule has 19 heavy (non-hydrogen) atoms. The number of hydrogen-bond acceptors (Lipinski definition) is 3. The van der Waals surface area contributed by atoms with Gasteiger partial charge in [-0.25, -0.2) is 8.42 Å². The average molecular weight is 279 g/mol. The molecule has 1 aromatic carbocycles. The first kappa shape index (κ1) is 13.8. The molecule has 0 bridgehead atoms. The van der Waals surface area contributed by atoms with Crippen LogP contribution in [-0.4, -0.2) is 26.1 Å². The Kier molecular flexibility index (Phi) is 3.75. The summed E-state index contributed by atoms with van der Waals surface area (Å²) in [4.78, 5) is 13.3. The van der Waals surface area contributed by atoms with Gasteiger partial charge in [-0.2, -0.15) is 0 Å². The summed E-state index contributed by atoms with van der Waals surface area (Å²) in [5, 5.41) is 1.19. The summed E-state index contributed by atoms with van der Waals surface area (Å²) >= 11 is 0. The summed E-state index contributed by atoms with van der Waals surface area (Å²) in [6.07, 6.45) is 2.50. The first-order valence-corrected chi connectivity index (χ1v) is 7.94. The fraction of sp³-hybridized carbons (Fsp3) is 0.357. The molecule has 1 aromatic rings. The fourth-order valence-electron chi connectivity index (χ4n) is 2.22. The van der Waals surface area contributed by atoms with Gasteiger partial charge in [0.1, 0.15) is 0 Å². The van der Waals surface area contributed by atoms with E-state index in [9.17, 15) is 13.2 Å². The van der Waals surface area contributed by atoms with Crippen LogP contribution in [0.2, 0.25) is 0 Å². The first-order valence-electron chi connectivity index (χ1n) is 6.22. The number of hydrogen-bond donors (Lipinski definition) is 0. The van der Waals surface area contributed by atoms with E-state index in [1.807, 2.05) is 24.3 Å². The lowest BCUT2D eigenvalue weighted by atomic mass is 10.1. The molecular formula is C14H17NO3S. The van der Waals surface area contributed by atoms with Crippen molar-refractivity contribution in [1.29, 1.82) is 0 Å². The lowest BCUT2D eigenvalue weighted by Crippen LogP contribution is -2.39. The second kappa shape index (κ2) is 5.17. The molecule has 1 unspecified atom stereocenters. The number of benzene rings is 1. The van der Waals surface area contributed by atoms with E-state index in [1.54, 1.807) is 6.08 Å². The molecule has 102 valence electrons. The van der Waals surface area contributed by atoms with Gasteiger partial charge in [-0.3, -0.25) is 4.79 Å². The average Bonchev–Trinajstić information content (AvgIpc) is 2.70. The third-order valence-corrected chi connectivity index (χ3v) is 4.58. The van der Waals surface area contributed by atoms with Crippen molar-refractivity contribution in [2.75, 3.05) is 10.7 Å². The van der Waals surface area contributed by atoms with Gasteiger partial charge in [0.25, 0.3) is 0 Å². The zero-order valence-corrected chi connectivity index (χ0v) is 11.9. The van der Waals surface area contributed by atoms with Crippen molar-refractivity contribution in [3.63, 3.8) is 0 Å². The van der Waals surface area contributed by atoms with Crippen LogP contribution in [0.15, 0.2) is 35.7 Å². The highest BCUT2D eigenvalue weighted by Gasteiger charge is 2.29. The summed E-state index contributed by atoms with van der Waals surface area (Å²) in [6.45, 7) is 3.51. The van der Waals surface area contributed by atoms with Crippen LogP contribution in [0.3, 0.4) is 0 Å². The number of sulfone groups is 1. The Balaban J connectivity index is 2.31. The third-order valence-electron chi connectivity index (χ3n) is 3.20. The van der Waals surface area contributed by atoms with E-state index in [4.69, 9.17) is 0 Å². The van der Waals surface area contributed by atoms with Gasteiger partial charge in [-0.15, -0.1) is 0 Å². The maximum absolute atomic E-state index is 11.8. The molecular weight excluding hydrogens is 262 g/mol. The van der Waals surface area contributed by atoms with Crippen LogP contribution in [0.4, 0.5) is 5.69 Å². The molecule has 5 heteroatoms. The molecule has 0 aliphatic carbocycles. The van der Waals surface area contributed by atoms with Crippen LogP contribution >= 0.6 is 0 Å². The number of nitrogens with zero attached hydrogens (tertiary/aromatic N) is 1. The number of anilines is 1. The molecule has 0 N–H and O–H groups in total. The molecule has 1 aliphatic heterocycles. The van der Waals surface area contributed by atoms with Crippen LogP contribution in [0.1, 0.15) is 19.4 Å². The van der Waals surface area contributed by atoms with E-state index in [-0.39, 0.29) is 11.7 Å². The van der Waals surface area contributed by atoms with Gasteiger partial charge in [0.15, 0.2) is 9.84 Å². The molecule has 2 rings (SSSR count). The van der Waals surface area contributed by atoms with Crippen molar-refractivity contribution in [3.05, 3.63) is 41.3 Å². The van der Waals surface area contributed by atoms with Crippen LogP contribution in [0, 0.1) is 0 Å². The molecule has 1 amide bonds. The Morgan fingerprint density at radius 3 is 2.37 bits per heavy atom. The van der Waals surface area contributed by atoms with Gasteiger partial charge in [-0.05, 0) is 30.2 Å². The molecule has 1 heterocycles. The van der Waals surface area contributed by atoms with Gasteiger partial charge >= 0.3 is 0 Å². The van der Waals surface area contributed by atoms with Crippen molar-refractivity contribution >= 4 is 21.4 Å². The van der Waals surface area contributed by atoms with Gasteiger partial charge in [0.2, 0.25) is 5.91 Å². The highest BCUT2D eigenvalue weighted by atomic mass is 32.2. The van der Waals surface area contributed by atoms with Crippen molar-refractivity contribution in [3.8, 4) is 0 Å². The fourth-order valence-corrected chi connectivity index (χ4v) is 3.49. The van der Waals surface area contributed by atoms with Gasteiger partial charge in [0.05, 0.1) is 11.8 Å². The first-order chi connectivity index (χ1) is 8.93. The molecule has 0 fully saturated rings. The van der Waals surface area contributed by atoms with E-state index >= 15 is 0 Å². The molecule has 0 saturated carbocycles. The minimum atomic E-state index is -3.17. The zero-order valence-electron chi connectivity index (χ0n) is 11.0. The molecule has 0 radical (unpaired) electrons. The third kappa shape index (κ3) is 3.04. The van der Waals surface area contributed by atoms with E-state index in [2.05, 4.69) is 6.92 Å². The second-order valence-electron chi connectivity index (χ2n) is 4.63. The van der Waals surface area contributed by atoms with Gasteiger partial charge < -0.3 is 4.90 Å². The summed E-state index contributed by atoms with van der Waals surface area (Å²) in [7, 11) is -3.17. The summed E-state index contributed by atoms with van der Waals surface area (Å²) in [5.41, 5.74) is 1.92. The highest BCUT2D eigenvalue weighted by Crippen LogP contribution is 2.23.